The van der Waals surface area contributed by atoms with E-state index in [2.05, 4.69) is 5.32 Å². The molecular weight excluding hydrogens is 232 g/mol. The van der Waals surface area contributed by atoms with Crippen molar-refractivity contribution in [2.75, 3.05) is 26.7 Å². The Bertz CT molecular complexity index is 442. The first-order chi connectivity index (χ1) is 8.69. The number of hydrogen-bond acceptors (Lipinski definition) is 3. The van der Waals surface area contributed by atoms with Gasteiger partial charge in [0, 0.05) is 6.54 Å². The maximum atomic E-state index is 11.6. The number of methoxy groups -OCH3 is 1. The smallest absolute Gasteiger partial charge is 0.242 e. The minimum Gasteiger partial charge on any atom is -0.497 e. The van der Waals surface area contributed by atoms with Crippen LogP contribution in [0.25, 0.3) is 0 Å². The fourth-order valence-corrected chi connectivity index (χ4v) is 1.86. The van der Waals surface area contributed by atoms with E-state index in [-0.39, 0.29) is 24.9 Å². The van der Waals surface area contributed by atoms with E-state index in [1.165, 1.54) is 0 Å². The van der Waals surface area contributed by atoms with Crippen LogP contribution < -0.4 is 10.1 Å². The quantitative estimate of drug-likeness (QED) is 0.828. The van der Waals surface area contributed by atoms with Gasteiger partial charge >= 0.3 is 0 Å². The second kappa shape index (κ2) is 5.53. The van der Waals surface area contributed by atoms with Gasteiger partial charge in [-0.2, -0.15) is 0 Å². The first kappa shape index (κ1) is 12.4. The molecular formula is C13H16N2O3. The minimum atomic E-state index is -0.0932. The summed E-state index contributed by atoms with van der Waals surface area (Å²) in [4.78, 5) is 24.3. The van der Waals surface area contributed by atoms with Gasteiger partial charge in [0.2, 0.25) is 11.8 Å². The van der Waals surface area contributed by atoms with Crippen molar-refractivity contribution in [1.29, 1.82) is 0 Å². The first-order valence-corrected chi connectivity index (χ1v) is 5.86. The van der Waals surface area contributed by atoms with Gasteiger partial charge in [-0.25, -0.2) is 0 Å². The minimum absolute atomic E-state index is 0.0249. The van der Waals surface area contributed by atoms with Gasteiger partial charge in [-0.3, -0.25) is 9.59 Å². The molecule has 18 heavy (non-hydrogen) atoms. The van der Waals surface area contributed by atoms with Gasteiger partial charge in [-0.05, 0) is 24.1 Å². The summed E-state index contributed by atoms with van der Waals surface area (Å²) in [5.41, 5.74) is 1.12. The van der Waals surface area contributed by atoms with Gasteiger partial charge in [-0.1, -0.05) is 12.1 Å². The summed E-state index contributed by atoms with van der Waals surface area (Å²) in [6.07, 6.45) is 0.739. The molecule has 2 amide bonds. The second-order valence-electron chi connectivity index (χ2n) is 4.19. The number of carbonyl (C=O) groups is 2. The molecule has 1 heterocycles. The number of carbonyl (C=O) groups excluding carboxylic acids is 2. The van der Waals surface area contributed by atoms with Crippen LogP contribution in [0, 0.1) is 0 Å². The third-order valence-corrected chi connectivity index (χ3v) is 2.95. The Morgan fingerprint density at radius 1 is 1.28 bits per heavy atom. The van der Waals surface area contributed by atoms with Crippen LogP contribution in [0.4, 0.5) is 0 Å². The molecule has 0 aromatic heterocycles. The normalized spacial score (nSPS) is 15.5. The lowest BCUT2D eigenvalue weighted by Crippen LogP contribution is -2.51. The van der Waals surface area contributed by atoms with E-state index in [1.54, 1.807) is 12.0 Å². The number of nitrogens with one attached hydrogen (secondary N) is 1. The molecule has 1 aliphatic rings. The lowest BCUT2D eigenvalue weighted by atomic mass is 10.1. The number of hydrogen-bond donors (Lipinski definition) is 1. The summed E-state index contributed by atoms with van der Waals surface area (Å²) in [5.74, 6) is 0.694. The van der Waals surface area contributed by atoms with Gasteiger partial charge in [0.1, 0.15) is 5.75 Å². The second-order valence-corrected chi connectivity index (χ2v) is 4.19. The fraction of sp³-hybridized carbons (Fsp3) is 0.385. The molecule has 0 radical (unpaired) electrons. The van der Waals surface area contributed by atoms with Crippen LogP contribution in [-0.4, -0.2) is 43.5 Å². The number of rotatable bonds is 4. The van der Waals surface area contributed by atoms with Crippen LogP contribution in [0.15, 0.2) is 24.3 Å². The summed E-state index contributed by atoms with van der Waals surface area (Å²) >= 11 is 0. The van der Waals surface area contributed by atoms with Crippen LogP contribution >= 0.6 is 0 Å². The highest BCUT2D eigenvalue weighted by atomic mass is 16.5. The maximum Gasteiger partial charge on any atom is 0.242 e. The van der Waals surface area contributed by atoms with Crippen molar-refractivity contribution >= 4 is 11.8 Å². The molecule has 1 aliphatic heterocycles. The van der Waals surface area contributed by atoms with Crippen molar-refractivity contribution < 1.29 is 14.3 Å². The Hall–Kier alpha value is -2.04. The van der Waals surface area contributed by atoms with E-state index in [9.17, 15) is 9.59 Å². The number of amides is 2. The van der Waals surface area contributed by atoms with Gasteiger partial charge < -0.3 is 15.0 Å². The van der Waals surface area contributed by atoms with Crippen LogP contribution in [0.1, 0.15) is 5.56 Å². The largest absolute Gasteiger partial charge is 0.497 e. The average Bonchev–Trinajstić information content (AvgIpc) is 2.40. The highest BCUT2D eigenvalue weighted by Gasteiger charge is 2.22. The van der Waals surface area contributed by atoms with Crippen LogP contribution in [0.5, 0.6) is 5.75 Å². The summed E-state index contributed by atoms with van der Waals surface area (Å²) in [7, 11) is 1.63. The molecule has 5 nitrogen and oxygen atoms in total. The molecule has 0 atom stereocenters. The molecule has 0 saturated carbocycles. The van der Waals surface area contributed by atoms with Crippen LogP contribution in [0.2, 0.25) is 0 Å². The zero-order chi connectivity index (χ0) is 13.0. The van der Waals surface area contributed by atoms with Crippen molar-refractivity contribution in [3.05, 3.63) is 29.8 Å². The number of benzene rings is 1. The molecule has 1 saturated heterocycles. The molecule has 0 unspecified atom stereocenters. The van der Waals surface area contributed by atoms with Crippen LogP contribution in [-0.2, 0) is 16.0 Å². The summed E-state index contributed by atoms with van der Waals surface area (Å²) in [6, 6.07) is 7.71. The Morgan fingerprint density at radius 3 is 2.67 bits per heavy atom. The Kier molecular flexibility index (Phi) is 3.82. The molecule has 1 N–H and O–H groups in total. The third-order valence-electron chi connectivity index (χ3n) is 2.95. The monoisotopic (exact) mass is 248 g/mol. The third kappa shape index (κ3) is 3.00. The average molecular weight is 248 g/mol. The van der Waals surface area contributed by atoms with Crippen molar-refractivity contribution in [2.45, 2.75) is 6.42 Å². The molecule has 0 aliphatic carbocycles. The molecule has 96 valence electrons. The molecule has 1 aromatic rings. The Labute approximate surface area is 106 Å². The van der Waals surface area contributed by atoms with Crippen molar-refractivity contribution in [3.8, 4) is 5.75 Å². The predicted molar refractivity (Wildman–Crippen MR) is 66.3 cm³/mol. The van der Waals surface area contributed by atoms with Crippen molar-refractivity contribution in [1.82, 2.24) is 10.2 Å². The van der Waals surface area contributed by atoms with Gasteiger partial charge in [-0.15, -0.1) is 0 Å². The molecule has 2 rings (SSSR count). The SMILES string of the molecule is COc1ccc(CCN2CC(=O)NCC2=O)cc1. The predicted octanol–water partition coefficient (Wildman–Crippen LogP) is 0.196. The zero-order valence-electron chi connectivity index (χ0n) is 10.3. The lowest BCUT2D eigenvalue weighted by molar-refractivity contribution is -0.140. The zero-order valence-corrected chi connectivity index (χ0v) is 10.3. The number of piperazine rings is 1. The highest BCUT2D eigenvalue weighted by Crippen LogP contribution is 2.12. The summed E-state index contributed by atoms with van der Waals surface area (Å²) in [5, 5.41) is 2.53. The standard InChI is InChI=1S/C13H16N2O3/c1-18-11-4-2-10(3-5-11)6-7-15-9-12(16)14-8-13(15)17/h2-5H,6-9H2,1H3,(H,14,16). The number of nitrogens with zero attached hydrogens (tertiary/aromatic N) is 1. The van der Waals surface area contributed by atoms with E-state index in [4.69, 9.17) is 4.74 Å². The topological polar surface area (TPSA) is 58.6 Å². The van der Waals surface area contributed by atoms with Gasteiger partial charge in [0.05, 0.1) is 20.2 Å². The Morgan fingerprint density at radius 2 is 2.00 bits per heavy atom. The van der Waals surface area contributed by atoms with Gasteiger partial charge in [0.25, 0.3) is 0 Å². The van der Waals surface area contributed by atoms with E-state index >= 15 is 0 Å². The number of ether oxygens (including phenoxy) is 1. The fourth-order valence-electron chi connectivity index (χ4n) is 1.86. The highest BCUT2D eigenvalue weighted by molar-refractivity contribution is 5.92. The van der Waals surface area contributed by atoms with E-state index in [0.717, 1.165) is 17.7 Å². The van der Waals surface area contributed by atoms with E-state index in [1.807, 2.05) is 24.3 Å². The maximum absolute atomic E-state index is 11.6. The molecule has 5 heteroatoms. The molecule has 0 spiro atoms. The van der Waals surface area contributed by atoms with E-state index in [0.29, 0.717) is 6.54 Å². The van der Waals surface area contributed by atoms with Crippen LogP contribution in [0.3, 0.4) is 0 Å². The summed E-state index contributed by atoms with van der Waals surface area (Å²) < 4.78 is 5.08. The van der Waals surface area contributed by atoms with Crippen molar-refractivity contribution in [2.24, 2.45) is 0 Å². The Balaban J connectivity index is 1.89. The molecule has 1 fully saturated rings. The first-order valence-electron chi connectivity index (χ1n) is 5.86. The summed E-state index contributed by atoms with van der Waals surface area (Å²) in [6.45, 7) is 0.842. The van der Waals surface area contributed by atoms with E-state index < -0.39 is 0 Å². The molecule has 1 aromatic carbocycles. The van der Waals surface area contributed by atoms with Crippen molar-refractivity contribution in [3.63, 3.8) is 0 Å². The van der Waals surface area contributed by atoms with Gasteiger partial charge in [0.15, 0.2) is 0 Å². The molecule has 0 bridgehead atoms. The lowest BCUT2D eigenvalue weighted by Gasteiger charge is -2.26.